The third kappa shape index (κ3) is 9.18. The first-order chi connectivity index (χ1) is 25.9. The Balaban J connectivity index is 1.71. The van der Waals surface area contributed by atoms with Crippen molar-refractivity contribution in [2.45, 2.75) is 12.5 Å². The zero-order valence-electron chi connectivity index (χ0n) is 30.1. The van der Waals surface area contributed by atoms with Crippen LogP contribution >= 0.6 is 7.51 Å². The van der Waals surface area contributed by atoms with Gasteiger partial charge >= 0.3 is 12.5 Å². The Kier molecular flexibility index (Phi) is 12.3. The first-order valence-corrected chi connectivity index (χ1v) is 18.6. The molecule has 0 atom stereocenters. The van der Waals surface area contributed by atoms with Gasteiger partial charge in [-0.15, -0.1) is 0 Å². The van der Waals surface area contributed by atoms with Crippen molar-refractivity contribution in [3.63, 3.8) is 0 Å². The number of ether oxygens (including phenoxy) is 5. The Hall–Kier alpha value is -5.77. The van der Waals surface area contributed by atoms with E-state index in [-0.39, 0.29) is 0 Å². The summed E-state index contributed by atoms with van der Waals surface area (Å²) in [4.78, 5) is 11.5. The third-order valence-electron chi connectivity index (χ3n) is 7.77. The quantitative estimate of drug-likeness (QED) is 0.0518. The van der Waals surface area contributed by atoms with Crippen molar-refractivity contribution in [3.8, 4) is 34.5 Å². The Morgan fingerprint density at radius 1 is 0.415 bits per heavy atom. The molecule has 6 aromatic rings. The topological polar surface area (TPSA) is 77.5 Å². The van der Waals surface area contributed by atoms with Crippen LogP contribution in [0.1, 0.15) is 0 Å². The predicted octanol–water partition coefficient (Wildman–Crippen LogP) is 9.64. The summed E-state index contributed by atoms with van der Waals surface area (Å²) in [7, 11) is 4.11. The van der Waals surface area contributed by atoms with E-state index >= 15 is 0 Å². The number of rotatable bonds is 17. The van der Waals surface area contributed by atoms with Gasteiger partial charge in [-0.25, -0.2) is 9.34 Å². The SMILES string of the molecule is CN(C)P(=NOc1ccccc1)(N(C)C)N(C(Oc1ccccc1)Oc1ccccc1)C(Oc1ccccc1)(Oc1ccccc1)Oc1ccccc1. The highest BCUT2D eigenvalue weighted by molar-refractivity contribution is 7.59. The van der Waals surface area contributed by atoms with Crippen LogP contribution in [0, 0.1) is 0 Å². The van der Waals surface area contributed by atoms with E-state index in [1.165, 1.54) is 0 Å². The van der Waals surface area contributed by atoms with Crippen LogP contribution in [-0.2, 0) is 0 Å². The standard InChI is InChI=1S/C42H43N4O6P/c1-44(2)53(45(3)4,43-52-40-33-21-10-22-34-40)46(41(47-35-23-11-5-12-24-35)48-36-25-13-6-14-26-36)42(49-37-27-15-7-16-28-37,50-38-29-17-8-18-30-38)51-39-31-19-9-20-32-39/h5-34,41H,1-4H3. The van der Waals surface area contributed by atoms with E-state index in [9.17, 15) is 0 Å². The first-order valence-electron chi connectivity index (χ1n) is 17.0. The highest BCUT2D eigenvalue weighted by Crippen LogP contribution is 2.61. The van der Waals surface area contributed by atoms with Crippen LogP contribution < -0.4 is 28.5 Å². The van der Waals surface area contributed by atoms with Gasteiger partial charge in [0.15, 0.2) is 5.75 Å². The van der Waals surface area contributed by atoms with Crippen molar-refractivity contribution in [2.75, 3.05) is 28.2 Å². The van der Waals surface area contributed by atoms with Crippen molar-refractivity contribution in [3.05, 3.63) is 182 Å². The van der Waals surface area contributed by atoms with Crippen LogP contribution in [0.25, 0.3) is 0 Å². The Labute approximate surface area is 311 Å². The molecule has 0 radical (unpaired) electrons. The lowest BCUT2D eigenvalue weighted by atomic mass is 10.3. The lowest BCUT2D eigenvalue weighted by Gasteiger charge is -2.50. The van der Waals surface area contributed by atoms with E-state index in [4.69, 9.17) is 33.4 Å². The minimum Gasteiger partial charge on any atom is -0.441 e. The van der Waals surface area contributed by atoms with E-state index < -0.39 is 20.0 Å². The monoisotopic (exact) mass is 730 g/mol. The van der Waals surface area contributed by atoms with Gasteiger partial charge in [0.1, 0.15) is 28.7 Å². The highest BCUT2D eigenvalue weighted by atomic mass is 31.2. The lowest BCUT2D eigenvalue weighted by Crippen LogP contribution is -2.67. The van der Waals surface area contributed by atoms with Gasteiger partial charge in [0.2, 0.25) is 7.51 Å². The smallest absolute Gasteiger partial charge is 0.441 e. The Morgan fingerprint density at radius 3 is 1.00 bits per heavy atom. The molecule has 0 aliphatic heterocycles. The summed E-state index contributed by atoms with van der Waals surface area (Å²) in [5.41, 5.74) is 0. The van der Waals surface area contributed by atoms with Crippen LogP contribution in [0.3, 0.4) is 0 Å². The van der Waals surface area contributed by atoms with Crippen LogP contribution in [0.2, 0.25) is 0 Å². The highest BCUT2D eigenvalue weighted by Gasteiger charge is 2.61. The molecule has 0 amide bonds. The molecule has 6 aromatic carbocycles. The van der Waals surface area contributed by atoms with Crippen LogP contribution in [0.4, 0.5) is 0 Å². The molecule has 0 saturated heterocycles. The summed E-state index contributed by atoms with van der Waals surface area (Å²) in [6.45, 7) is 0. The molecule has 0 unspecified atom stereocenters. The number of nitrogens with zero attached hydrogens (tertiary/aromatic N) is 4. The lowest BCUT2D eigenvalue weighted by molar-refractivity contribution is -0.353. The number of hydrogen-bond acceptors (Lipinski definition) is 7. The molecule has 0 bridgehead atoms. The van der Waals surface area contributed by atoms with E-state index in [1.54, 1.807) is 4.67 Å². The summed E-state index contributed by atoms with van der Waals surface area (Å²) in [6, 6.07) is 56.0. The van der Waals surface area contributed by atoms with Gasteiger partial charge in [-0.05, 0) is 101 Å². The number of hydrogen-bond donors (Lipinski definition) is 0. The average molecular weight is 731 g/mol. The molecular formula is C42H43N4O6P. The molecule has 0 fully saturated rings. The molecule has 6 rings (SSSR count). The third-order valence-corrected chi connectivity index (χ3v) is 11.2. The van der Waals surface area contributed by atoms with Crippen molar-refractivity contribution >= 4 is 7.51 Å². The van der Waals surface area contributed by atoms with Crippen molar-refractivity contribution in [2.24, 2.45) is 4.91 Å². The van der Waals surface area contributed by atoms with Gasteiger partial charge in [0.25, 0.3) is 0 Å². The zero-order valence-corrected chi connectivity index (χ0v) is 31.0. The van der Waals surface area contributed by atoms with Gasteiger partial charge in [0, 0.05) is 0 Å². The van der Waals surface area contributed by atoms with Crippen LogP contribution in [0.15, 0.2) is 187 Å². The molecule has 53 heavy (non-hydrogen) atoms. The summed E-state index contributed by atoms with van der Waals surface area (Å²) in [5, 5.41) is 0. The maximum Gasteiger partial charge on any atom is 0.507 e. The predicted molar refractivity (Wildman–Crippen MR) is 207 cm³/mol. The van der Waals surface area contributed by atoms with Crippen LogP contribution in [-0.4, -0.2) is 54.7 Å². The number of para-hydroxylation sites is 6. The zero-order chi connectivity index (χ0) is 36.9. The molecule has 272 valence electrons. The molecule has 0 N–H and O–H groups in total. The van der Waals surface area contributed by atoms with Gasteiger partial charge in [-0.1, -0.05) is 119 Å². The van der Waals surface area contributed by atoms with Crippen LogP contribution in [0.5, 0.6) is 34.5 Å². The second kappa shape index (κ2) is 17.6. The molecule has 0 aliphatic rings. The van der Waals surface area contributed by atoms with Crippen molar-refractivity contribution < 1.29 is 28.5 Å². The van der Waals surface area contributed by atoms with E-state index in [1.807, 2.05) is 220 Å². The largest absolute Gasteiger partial charge is 0.507 e. The van der Waals surface area contributed by atoms with Gasteiger partial charge in [0.05, 0.1) is 0 Å². The molecule has 11 heteroatoms. The second-order valence-corrected chi connectivity index (χ2v) is 15.3. The average Bonchev–Trinajstić information content (AvgIpc) is 3.18. The maximum absolute atomic E-state index is 7.07. The number of benzene rings is 6. The van der Waals surface area contributed by atoms with Gasteiger partial charge in [-0.2, -0.15) is 0 Å². The minimum atomic E-state index is -3.50. The molecule has 0 heterocycles. The normalized spacial score (nSPS) is 11.7. The fourth-order valence-electron chi connectivity index (χ4n) is 5.40. The fourth-order valence-corrected chi connectivity index (χ4v) is 8.26. The van der Waals surface area contributed by atoms with Gasteiger partial charge < -0.3 is 28.5 Å². The molecule has 0 aromatic heterocycles. The van der Waals surface area contributed by atoms with Crippen molar-refractivity contribution in [1.82, 2.24) is 14.0 Å². The van der Waals surface area contributed by atoms with E-state index in [0.717, 1.165) is 0 Å². The summed E-state index contributed by atoms with van der Waals surface area (Å²) >= 11 is 0. The summed E-state index contributed by atoms with van der Waals surface area (Å²) in [5.74, 6) is 2.83. The molecule has 0 aliphatic carbocycles. The van der Waals surface area contributed by atoms with E-state index in [0.29, 0.717) is 34.5 Å². The van der Waals surface area contributed by atoms with E-state index in [2.05, 4.69) is 0 Å². The first kappa shape index (κ1) is 37.0. The fraction of sp³-hybridized carbons (Fsp3) is 0.143. The molecule has 0 spiro atoms. The van der Waals surface area contributed by atoms with Gasteiger partial charge in [-0.3, -0.25) is 0 Å². The molecule has 0 saturated carbocycles. The molecular weight excluding hydrogens is 687 g/mol. The summed E-state index contributed by atoms with van der Waals surface area (Å²) < 4.78 is 40.6. The van der Waals surface area contributed by atoms with Crippen molar-refractivity contribution in [1.29, 1.82) is 0 Å². The maximum atomic E-state index is 7.07. The minimum absolute atomic E-state index is 0.433. The molecule has 10 nitrogen and oxygen atoms in total. The Morgan fingerprint density at radius 2 is 0.698 bits per heavy atom. The summed E-state index contributed by atoms with van der Waals surface area (Å²) in [6.07, 6.45) is -3.57. The second-order valence-electron chi connectivity index (χ2n) is 12.0. The Bertz CT molecular complexity index is 1860.